The zero-order chi connectivity index (χ0) is 16.9. The van der Waals surface area contributed by atoms with E-state index in [1.807, 2.05) is 49.4 Å². The third-order valence-electron chi connectivity index (χ3n) is 3.56. The Bertz CT molecular complexity index is 868. The molecule has 0 amide bonds. The van der Waals surface area contributed by atoms with Crippen molar-refractivity contribution in [2.45, 2.75) is 19.8 Å². The van der Waals surface area contributed by atoms with E-state index in [0.29, 0.717) is 17.9 Å². The van der Waals surface area contributed by atoms with E-state index in [1.165, 1.54) is 0 Å². The molecule has 0 saturated carbocycles. The molecule has 5 nitrogen and oxygen atoms in total. The minimum atomic E-state index is -0.243. The quantitative estimate of drug-likeness (QED) is 0.722. The predicted octanol–water partition coefficient (Wildman–Crippen LogP) is 3.06. The minimum absolute atomic E-state index is 0.0454. The number of nitrogens with zero attached hydrogens (tertiary/aromatic N) is 1. The first-order chi connectivity index (χ1) is 11.6. The molecule has 0 saturated heterocycles. The van der Waals surface area contributed by atoms with E-state index in [1.54, 1.807) is 0 Å². The number of pyridine rings is 1. The van der Waals surface area contributed by atoms with E-state index < -0.39 is 0 Å². The first-order valence-corrected chi connectivity index (χ1v) is 8.47. The second-order valence-electron chi connectivity index (χ2n) is 5.48. The summed E-state index contributed by atoms with van der Waals surface area (Å²) in [5, 5.41) is 9.62. The van der Waals surface area contributed by atoms with Crippen molar-refractivity contribution in [3.8, 4) is 11.6 Å². The fourth-order valence-electron chi connectivity index (χ4n) is 2.37. The van der Waals surface area contributed by atoms with Gasteiger partial charge in [-0.1, -0.05) is 29.5 Å². The number of aryl methyl sites for hydroxylation is 1. The molecule has 0 fully saturated rings. The lowest BCUT2D eigenvalue weighted by Crippen LogP contribution is -2.03. The van der Waals surface area contributed by atoms with Gasteiger partial charge in [0, 0.05) is 24.2 Å². The van der Waals surface area contributed by atoms with Gasteiger partial charge in [-0.15, -0.1) is 0 Å². The summed E-state index contributed by atoms with van der Waals surface area (Å²) in [6, 6.07) is 13.6. The highest BCUT2D eigenvalue weighted by Gasteiger charge is 2.07. The summed E-state index contributed by atoms with van der Waals surface area (Å²) < 4.78 is 5.74. The second-order valence-corrected chi connectivity index (χ2v) is 6.54. The third kappa shape index (κ3) is 4.23. The van der Waals surface area contributed by atoms with Crippen molar-refractivity contribution in [1.29, 1.82) is 0 Å². The van der Waals surface area contributed by atoms with E-state index in [2.05, 4.69) is 9.97 Å². The number of aromatic nitrogens is 2. The van der Waals surface area contributed by atoms with Crippen molar-refractivity contribution in [2.75, 3.05) is 6.61 Å². The van der Waals surface area contributed by atoms with Gasteiger partial charge >= 0.3 is 4.87 Å². The van der Waals surface area contributed by atoms with E-state index in [0.717, 1.165) is 40.5 Å². The maximum absolute atomic E-state index is 11.2. The maximum atomic E-state index is 11.2. The van der Waals surface area contributed by atoms with Gasteiger partial charge in [0.2, 0.25) is 5.88 Å². The number of H-pyrrole nitrogens is 1. The largest absolute Gasteiger partial charge is 0.494 e. The normalized spacial score (nSPS) is 10.7. The summed E-state index contributed by atoms with van der Waals surface area (Å²) in [7, 11) is 0. The lowest BCUT2D eigenvalue weighted by Gasteiger charge is -2.07. The second kappa shape index (κ2) is 7.31. The fourth-order valence-corrected chi connectivity index (χ4v) is 3.13. The number of aromatic amines is 1. The fraction of sp³-hybridized carbons (Fsp3) is 0.222. The van der Waals surface area contributed by atoms with Crippen LogP contribution in [0.15, 0.2) is 47.3 Å². The van der Waals surface area contributed by atoms with E-state index >= 15 is 0 Å². The molecule has 0 aliphatic rings. The SMILES string of the molecule is Cc1cccc(CCOc2ccc(Cc3sc(=O)[nH]c3O)cc2)n1. The van der Waals surface area contributed by atoms with Crippen LogP contribution in [0.1, 0.15) is 21.8 Å². The first kappa shape index (κ1) is 16.3. The Morgan fingerprint density at radius 2 is 2.00 bits per heavy atom. The molecule has 0 spiro atoms. The zero-order valence-electron chi connectivity index (χ0n) is 13.3. The van der Waals surface area contributed by atoms with Crippen molar-refractivity contribution < 1.29 is 9.84 Å². The molecule has 0 radical (unpaired) electrons. The van der Waals surface area contributed by atoms with E-state index in [-0.39, 0.29) is 10.8 Å². The Labute approximate surface area is 143 Å². The van der Waals surface area contributed by atoms with E-state index in [9.17, 15) is 9.90 Å². The van der Waals surface area contributed by atoms with Crippen molar-refractivity contribution in [3.63, 3.8) is 0 Å². The Hall–Kier alpha value is -2.60. The standard InChI is InChI=1S/C18H18N2O3S/c1-12-3-2-4-14(19-12)9-10-23-15-7-5-13(6-8-15)11-16-17(21)20-18(22)24-16/h2-8,21H,9-11H2,1H3,(H,20,22). The first-order valence-electron chi connectivity index (χ1n) is 7.65. The minimum Gasteiger partial charge on any atom is -0.494 e. The molecule has 0 bridgehead atoms. The van der Waals surface area contributed by atoms with Crippen molar-refractivity contribution in [1.82, 2.24) is 9.97 Å². The summed E-state index contributed by atoms with van der Waals surface area (Å²) >= 11 is 1.03. The van der Waals surface area contributed by atoms with Gasteiger partial charge in [0.05, 0.1) is 11.5 Å². The van der Waals surface area contributed by atoms with Gasteiger partial charge in [0.25, 0.3) is 0 Å². The molecule has 0 aliphatic carbocycles. The molecule has 6 heteroatoms. The number of benzene rings is 1. The highest BCUT2D eigenvalue weighted by atomic mass is 32.1. The Morgan fingerprint density at radius 1 is 1.21 bits per heavy atom. The maximum Gasteiger partial charge on any atom is 0.307 e. The van der Waals surface area contributed by atoms with Gasteiger partial charge in [-0.05, 0) is 36.8 Å². The highest BCUT2D eigenvalue weighted by molar-refractivity contribution is 7.09. The molecule has 2 aromatic heterocycles. The van der Waals surface area contributed by atoms with Crippen LogP contribution in [0.5, 0.6) is 11.6 Å². The van der Waals surface area contributed by atoms with Crippen LogP contribution in [0.4, 0.5) is 0 Å². The third-order valence-corrected chi connectivity index (χ3v) is 4.43. The van der Waals surface area contributed by atoms with Gasteiger partial charge in [0.1, 0.15) is 5.75 Å². The van der Waals surface area contributed by atoms with Crippen molar-refractivity contribution in [2.24, 2.45) is 0 Å². The van der Waals surface area contributed by atoms with Gasteiger partial charge in [0.15, 0.2) is 0 Å². The Balaban J connectivity index is 1.54. The lowest BCUT2D eigenvalue weighted by atomic mass is 10.1. The van der Waals surface area contributed by atoms with Crippen LogP contribution in [-0.2, 0) is 12.8 Å². The number of nitrogens with one attached hydrogen (secondary N) is 1. The Morgan fingerprint density at radius 3 is 2.67 bits per heavy atom. The van der Waals surface area contributed by atoms with Crippen LogP contribution in [0, 0.1) is 6.92 Å². The van der Waals surface area contributed by atoms with Gasteiger partial charge in [-0.25, -0.2) is 0 Å². The van der Waals surface area contributed by atoms with Crippen LogP contribution in [0.3, 0.4) is 0 Å². The summed E-state index contributed by atoms with van der Waals surface area (Å²) in [6.45, 7) is 2.54. The molecule has 0 unspecified atom stereocenters. The highest BCUT2D eigenvalue weighted by Crippen LogP contribution is 2.21. The van der Waals surface area contributed by atoms with Crippen LogP contribution in [-0.4, -0.2) is 21.7 Å². The number of aromatic hydroxyl groups is 1. The number of ether oxygens (including phenoxy) is 1. The summed E-state index contributed by atoms with van der Waals surface area (Å²) in [4.78, 5) is 18.4. The molecule has 3 rings (SSSR count). The van der Waals surface area contributed by atoms with Crippen LogP contribution in [0.25, 0.3) is 0 Å². The monoisotopic (exact) mass is 342 g/mol. The van der Waals surface area contributed by atoms with E-state index in [4.69, 9.17) is 4.74 Å². The van der Waals surface area contributed by atoms with Crippen molar-refractivity contribution >= 4 is 11.3 Å². The zero-order valence-corrected chi connectivity index (χ0v) is 14.1. The smallest absolute Gasteiger partial charge is 0.307 e. The number of hydrogen-bond acceptors (Lipinski definition) is 5. The number of thiazole rings is 1. The molecule has 1 aromatic carbocycles. The molecule has 2 N–H and O–H groups in total. The van der Waals surface area contributed by atoms with Gasteiger partial charge < -0.3 is 9.84 Å². The lowest BCUT2D eigenvalue weighted by molar-refractivity contribution is 0.320. The molecule has 2 heterocycles. The average Bonchev–Trinajstić information content (AvgIpc) is 2.87. The molecule has 124 valence electrons. The van der Waals surface area contributed by atoms with Gasteiger partial charge in [-0.2, -0.15) is 0 Å². The molecular formula is C18H18N2O3S. The summed E-state index contributed by atoms with van der Waals surface area (Å²) in [5.41, 5.74) is 3.03. The van der Waals surface area contributed by atoms with Crippen molar-refractivity contribution in [3.05, 3.63) is 74.0 Å². The molecule has 3 aromatic rings. The van der Waals surface area contributed by atoms with Crippen LogP contribution in [0.2, 0.25) is 0 Å². The predicted molar refractivity (Wildman–Crippen MR) is 94.0 cm³/mol. The Kier molecular flexibility index (Phi) is 4.96. The molecule has 0 aliphatic heterocycles. The average molecular weight is 342 g/mol. The molecule has 0 atom stereocenters. The topological polar surface area (TPSA) is 75.2 Å². The molecular weight excluding hydrogens is 324 g/mol. The number of hydrogen-bond donors (Lipinski definition) is 2. The molecule has 24 heavy (non-hydrogen) atoms. The van der Waals surface area contributed by atoms with Gasteiger partial charge in [-0.3, -0.25) is 14.8 Å². The van der Waals surface area contributed by atoms with Crippen LogP contribution < -0.4 is 9.61 Å². The summed E-state index contributed by atoms with van der Waals surface area (Å²) in [6.07, 6.45) is 1.28. The van der Waals surface area contributed by atoms with Crippen LogP contribution >= 0.6 is 11.3 Å². The summed E-state index contributed by atoms with van der Waals surface area (Å²) in [5.74, 6) is 0.744. The number of rotatable bonds is 6.